The fraction of sp³-hybridized carbons (Fsp3) is 0.467. The molecule has 0 spiro atoms. The third-order valence-corrected chi connectivity index (χ3v) is 4.70. The molecule has 2 aromatic rings. The number of fused-ring (bicyclic) bond motifs is 1. The zero-order valence-electron chi connectivity index (χ0n) is 12.4. The maximum absolute atomic E-state index is 12.0. The Balaban J connectivity index is 0.00000121. The van der Waals surface area contributed by atoms with Crippen LogP contribution in [0.5, 0.6) is 0 Å². The minimum absolute atomic E-state index is 0. The van der Waals surface area contributed by atoms with Crippen LogP contribution >= 0.6 is 36.2 Å². The fourth-order valence-corrected chi connectivity index (χ4v) is 3.66. The quantitative estimate of drug-likeness (QED) is 0.880. The molecule has 0 saturated carbocycles. The van der Waals surface area contributed by atoms with Crippen LogP contribution in [0.4, 0.5) is 0 Å². The maximum Gasteiger partial charge on any atom is 0.224 e. The summed E-state index contributed by atoms with van der Waals surface area (Å²) in [6.45, 7) is 3.80. The van der Waals surface area contributed by atoms with Crippen molar-refractivity contribution in [1.29, 1.82) is 0 Å². The molecule has 1 fully saturated rings. The number of amides is 1. The number of hydrogen-bond donors (Lipinski definition) is 2. The minimum Gasteiger partial charge on any atom is -0.353 e. The summed E-state index contributed by atoms with van der Waals surface area (Å²) in [7, 11) is 0. The molecule has 22 heavy (non-hydrogen) atoms. The Kier molecular flexibility index (Phi) is 7.56. The van der Waals surface area contributed by atoms with Gasteiger partial charge in [-0.2, -0.15) is 0 Å². The summed E-state index contributed by atoms with van der Waals surface area (Å²) in [4.78, 5) is 16.7. The highest BCUT2D eigenvalue weighted by atomic mass is 35.5. The van der Waals surface area contributed by atoms with Gasteiger partial charge in [-0.05, 0) is 32.0 Å². The third-order valence-electron chi connectivity index (χ3n) is 3.64. The zero-order chi connectivity index (χ0) is 13.9. The monoisotopic (exact) mass is 361 g/mol. The second-order valence-corrected chi connectivity index (χ2v) is 6.49. The largest absolute Gasteiger partial charge is 0.353 e. The van der Waals surface area contributed by atoms with Crippen molar-refractivity contribution >= 4 is 52.3 Å². The molecule has 1 saturated heterocycles. The van der Waals surface area contributed by atoms with E-state index in [9.17, 15) is 4.79 Å². The van der Waals surface area contributed by atoms with Crippen molar-refractivity contribution in [2.75, 3.05) is 13.1 Å². The van der Waals surface area contributed by atoms with E-state index < -0.39 is 0 Å². The predicted octanol–water partition coefficient (Wildman–Crippen LogP) is 2.80. The van der Waals surface area contributed by atoms with Gasteiger partial charge in [-0.25, -0.2) is 4.98 Å². The minimum atomic E-state index is 0. The molecule has 4 nitrogen and oxygen atoms in total. The van der Waals surface area contributed by atoms with Gasteiger partial charge >= 0.3 is 0 Å². The van der Waals surface area contributed by atoms with Crippen LogP contribution in [0.25, 0.3) is 10.2 Å². The number of nitrogens with one attached hydrogen (secondary N) is 2. The smallest absolute Gasteiger partial charge is 0.224 e. The Morgan fingerprint density at radius 1 is 1.45 bits per heavy atom. The molecule has 0 bridgehead atoms. The fourth-order valence-electron chi connectivity index (χ4n) is 2.56. The van der Waals surface area contributed by atoms with Crippen molar-refractivity contribution in [3.8, 4) is 0 Å². The SMILES string of the molecule is CC(Cc1nc2ccccc2s1)NC(=O)C1CCNC1.Cl.Cl. The first-order valence-corrected chi connectivity index (χ1v) is 7.89. The number of carbonyl (C=O) groups is 1. The molecule has 0 radical (unpaired) electrons. The lowest BCUT2D eigenvalue weighted by Gasteiger charge is -2.15. The van der Waals surface area contributed by atoms with E-state index in [4.69, 9.17) is 0 Å². The molecule has 2 atom stereocenters. The number of nitrogens with zero attached hydrogens (tertiary/aromatic N) is 1. The van der Waals surface area contributed by atoms with Gasteiger partial charge in [0.15, 0.2) is 0 Å². The summed E-state index contributed by atoms with van der Waals surface area (Å²) in [6.07, 6.45) is 1.74. The molecule has 122 valence electrons. The molecule has 1 aromatic carbocycles. The van der Waals surface area contributed by atoms with Gasteiger partial charge in [-0.15, -0.1) is 36.2 Å². The molecule has 0 aliphatic carbocycles. The number of aromatic nitrogens is 1. The second kappa shape index (κ2) is 8.67. The van der Waals surface area contributed by atoms with Crippen LogP contribution in [-0.4, -0.2) is 30.0 Å². The first kappa shape index (κ1) is 19.2. The zero-order valence-corrected chi connectivity index (χ0v) is 14.8. The van der Waals surface area contributed by atoms with E-state index in [2.05, 4.69) is 21.7 Å². The van der Waals surface area contributed by atoms with Gasteiger partial charge in [0.2, 0.25) is 5.91 Å². The van der Waals surface area contributed by atoms with Crippen LogP contribution in [0.1, 0.15) is 18.4 Å². The highest BCUT2D eigenvalue weighted by molar-refractivity contribution is 7.18. The first-order chi connectivity index (χ1) is 9.72. The lowest BCUT2D eigenvalue weighted by atomic mass is 10.1. The average Bonchev–Trinajstić information content (AvgIpc) is 3.07. The van der Waals surface area contributed by atoms with Gasteiger partial charge < -0.3 is 10.6 Å². The van der Waals surface area contributed by atoms with Crippen LogP contribution in [0, 0.1) is 5.92 Å². The third kappa shape index (κ3) is 4.56. The van der Waals surface area contributed by atoms with Crippen LogP contribution in [0.2, 0.25) is 0 Å². The molecule has 1 aromatic heterocycles. The van der Waals surface area contributed by atoms with E-state index in [-0.39, 0.29) is 42.7 Å². The van der Waals surface area contributed by atoms with Gasteiger partial charge in [0.25, 0.3) is 0 Å². The molecule has 2 unspecified atom stereocenters. The summed E-state index contributed by atoms with van der Waals surface area (Å²) in [5, 5.41) is 7.41. The van der Waals surface area contributed by atoms with Crippen molar-refractivity contribution in [1.82, 2.24) is 15.6 Å². The highest BCUT2D eigenvalue weighted by Crippen LogP contribution is 2.22. The van der Waals surface area contributed by atoms with Gasteiger partial charge in [-0.3, -0.25) is 4.79 Å². The summed E-state index contributed by atoms with van der Waals surface area (Å²) in [6, 6.07) is 8.28. The van der Waals surface area contributed by atoms with Crippen molar-refractivity contribution < 1.29 is 4.79 Å². The standard InChI is InChI=1S/C15H19N3OS.2ClH/c1-10(17-15(19)11-6-7-16-9-11)8-14-18-12-4-2-3-5-13(12)20-14;;/h2-5,10-11,16H,6-9H2,1H3,(H,17,19);2*1H. The molecule has 7 heteroatoms. The highest BCUT2D eigenvalue weighted by Gasteiger charge is 2.23. The number of thiazole rings is 1. The second-order valence-electron chi connectivity index (χ2n) is 5.38. The summed E-state index contributed by atoms with van der Waals surface area (Å²) >= 11 is 1.71. The number of carbonyl (C=O) groups excluding carboxylic acids is 1. The van der Waals surface area contributed by atoms with Crippen LogP contribution in [0.15, 0.2) is 24.3 Å². The summed E-state index contributed by atoms with van der Waals surface area (Å²) in [5.41, 5.74) is 1.05. The van der Waals surface area contributed by atoms with E-state index in [1.165, 1.54) is 4.70 Å². The Morgan fingerprint density at radius 3 is 2.91 bits per heavy atom. The Bertz CT molecular complexity index is 581. The number of hydrogen-bond acceptors (Lipinski definition) is 4. The van der Waals surface area contributed by atoms with E-state index in [1.807, 2.05) is 25.1 Å². The number of para-hydroxylation sites is 1. The molecular weight excluding hydrogens is 341 g/mol. The molecule has 1 aliphatic heterocycles. The van der Waals surface area contributed by atoms with Crippen molar-refractivity contribution in [3.63, 3.8) is 0 Å². The molecule has 3 rings (SSSR count). The summed E-state index contributed by atoms with van der Waals surface area (Å²) < 4.78 is 1.21. The normalized spacial score (nSPS) is 18.3. The number of halogens is 2. The molecule has 1 aliphatic rings. The van der Waals surface area contributed by atoms with Gasteiger partial charge in [0.05, 0.1) is 21.1 Å². The lowest BCUT2D eigenvalue weighted by molar-refractivity contribution is -0.125. The Hall–Kier alpha value is -0.880. The van der Waals surface area contributed by atoms with E-state index in [1.54, 1.807) is 11.3 Å². The first-order valence-electron chi connectivity index (χ1n) is 7.08. The van der Waals surface area contributed by atoms with E-state index in [0.717, 1.165) is 36.5 Å². The van der Waals surface area contributed by atoms with Gasteiger partial charge in [0.1, 0.15) is 0 Å². The van der Waals surface area contributed by atoms with Crippen LogP contribution < -0.4 is 10.6 Å². The molecular formula is C15H21Cl2N3OS. The molecule has 2 N–H and O–H groups in total. The maximum atomic E-state index is 12.0. The van der Waals surface area contributed by atoms with Crippen molar-refractivity contribution in [3.05, 3.63) is 29.3 Å². The lowest BCUT2D eigenvalue weighted by Crippen LogP contribution is -2.39. The van der Waals surface area contributed by atoms with Gasteiger partial charge in [-0.1, -0.05) is 12.1 Å². The van der Waals surface area contributed by atoms with Crippen molar-refractivity contribution in [2.45, 2.75) is 25.8 Å². The van der Waals surface area contributed by atoms with Gasteiger partial charge in [0, 0.05) is 19.0 Å². The Morgan fingerprint density at radius 2 is 2.23 bits per heavy atom. The topological polar surface area (TPSA) is 54.0 Å². The molecule has 1 amide bonds. The van der Waals surface area contributed by atoms with Crippen LogP contribution in [0.3, 0.4) is 0 Å². The Labute approximate surface area is 146 Å². The van der Waals surface area contributed by atoms with Crippen LogP contribution in [-0.2, 0) is 11.2 Å². The average molecular weight is 362 g/mol. The predicted molar refractivity (Wildman–Crippen MR) is 96.4 cm³/mol. The van der Waals surface area contributed by atoms with E-state index in [0.29, 0.717) is 0 Å². The van der Waals surface area contributed by atoms with E-state index >= 15 is 0 Å². The molecule has 2 heterocycles. The van der Waals surface area contributed by atoms with Crippen molar-refractivity contribution in [2.24, 2.45) is 5.92 Å². The summed E-state index contributed by atoms with van der Waals surface area (Å²) in [5.74, 6) is 0.302. The number of benzene rings is 1. The number of rotatable bonds is 4.